The summed E-state index contributed by atoms with van der Waals surface area (Å²) in [5.74, 6) is 0.0682. The first-order valence-electron chi connectivity index (χ1n) is 20.8. The first-order valence-corrected chi connectivity index (χ1v) is 20.8. The maximum atomic E-state index is 13.9. The molecule has 3 aromatic carbocycles. The normalized spacial score (nSPS) is 17.4. The van der Waals surface area contributed by atoms with E-state index in [0.29, 0.717) is 80.3 Å². The maximum Gasteiger partial charge on any atom is 0.407 e. The Labute approximate surface area is 354 Å². The molecule has 324 valence electrons. The lowest BCUT2D eigenvalue weighted by atomic mass is 9.81. The van der Waals surface area contributed by atoms with Gasteiger partial charge in [0.05, 0.1) is 6.61 Å². The van der Waals surface area contributed by atoms with Crippen LogP contribution in [0.3, 0.4) is 0 Å². The number of tetrazole rings is 1. The third kappa shape index (κ3) is 12.5. The van der Waals surface area contributed by atoms with Gasteiger partial charge < -0.3 is 40.7 Å². The number of aromatic nitrogens is 4. The van der Waals surface area contributed by atoms with Gasteiger partial charge in [-0.15, -0.1) is 10.2 Å². The van der Waals surface area contributed by atoms with Gasteiger partial charge in [-0.1, -0.05) is 24.3 Å². The van der Waals surface area contributed by atoms with Crippen molar-refractivity contribution in [3.05, 3.63) is 77.9 Å². The van der Waals surface area contributed by atoms with E-state index in [2.05, 4.69) is 41.9 Å². The van der Waals surface area contributed by atoms with Gasteiger partial charge in [-0.2, -0.15) is 5.21 Å². The monoisotopic (exact) mass is 837 g/mol. The van der Waals surface area contributed by atoms with Gasteiger partial charge >= 0.3 is 12.2 Å². The number of H-pyrrole nitrogens is 1. The standard InChI is InChI=1S/C44H55N9O8/c1-5-60-37-25-32(40(55)46-34-20-22-53(23-21-34)43(58)59)16-19-35(37)29-10-6-27(7-11-29)24-36(41(56)47-33-17-14-30(15-18-33)38-49-51-52-50-38)48-39(54)31-12-8-28(9-13-31)26-45-42(57)61-44(2,3)4/h6-7,10-11,14-19,25,28,31,34,36H,5,8-9,12-13,20-24,26H2,1-4H3,(H,45,57)(H,46,55)(H,47,56)(H,48,54)(H,58,59)(H,49,50,51,52)/t28?,31?,36-/m0/s1. The minimum atomic E-state index is -0.954. The van der Waals surface area contributed by atoms with Crippen molar-refractivity contribution in [3.63, 3.8) is 0 Å². The van der Waals surface area contributed by atoms with Crippen LogP contribution in [0.15, 0.2) is 66.7 Å². The molecule has 6 rings (SSSR count). The Balaban J connectivity index is 1.12. The number of piperidine rings is 1. The molecule has 1 aromatic heterocycles. The number of carbonyl (C=O) groups is 5. The van der Waals surface area contributed by atoms with Crippen LogP contribution in [0, 0.1) is 11.8 Å². The molecule has 61 heavy (non-hydrogen) atoms. The molecule has 0 unspecified atom stereocenters. The number of carbonyl (C=O) groups excluding carboxylic acids is 4. The van der Waals surface area contributed by atoms with Crippen molar-refractivity contribution in [2.45, 2.75) is 90.3 Å². The Kier molecular flexibility index (Phi) is 14.6. The summed E-state index contributed by atoms with van der Waals surface area (Å²) in [6.45, 7) is 8.90. The number of nitrogens with zero attached hydrogens (tertiary/aromatic N) is 4. The van der Waals surface area contributed by atoms with Gasteiger partial charge in [0.2, 0.25) is 17.6 Å². The Morgan fingerprint density at radius 3 is 2.21 bits per heavy atom. The number of carboxylic acid groups (broad SMARTS) is 1. The molecular formula is C44H55N9O8. The average Bonchev–Trinajstić information content (AvgIpc) is 3.79. The molecule has 1 atom stereocenters. The molecule has 2 heterocycles. The molecule has 0 spiro atoms. The quantitative estimate of drug-likeness (QED) is 0.0889. The zero-order chi connectivity index (χ0) is 43.5. The van der Waals surface area contributed by atoms with Gasteiger partial charge in [0, 0.05) is 60.4 Å². The van der Waals surface area contributed by atoms with Gasteiger partial charge in [-0.05, 0) is 131 Å². The number of benzene rings is 3. The van der Waals surface area contributed by atoms with Crippen LogP contribution in [0.25, 0.3) is 22.5 Å². The fourth-order valence-electron chi connectivity index (χ4n) is 7.60. The van der Waals surface area contributed by atoms with Crippen molar-refractivity contribution in [2.24, 2.45) is 11.8 Å². The summed E-state index contributed by atoms with van der Waals surface area (Å²) in [6.07, 6.45) is 2.65. The molecule has 0 bridgehead atoms. The van der Waals surface area contributed by atoms with E-state index < -0.39 is 23.8 Å². The number of rotatable bonds is 14. The molecule has 0 radical (unpaired) electrons. The maximum absolute atomic E-state index is 13.9. The summed E-state index contributed by atoms with van der Waals surface area (Å²) in [6, 6.07) is 18.9. The van der Waals surface area contributed by atoms with Crippen molar-refractivity contribution >= 4 is 35.6 Å². The first-order chi connectivity index (χ1) is 29.2. The van der Waals surface area contributed by atoms with Crippen molar-refractivity contribution in [1.82, 2.24) is 41.5 Å². The number of amides is 5. The van der Waals surface area contributed by atoms with E-state index in [1.54, 1.807) is 36.4 Å². The summed E-state index contributed by atoms with van der Waals surface area (Å²) in [7, 11) is 0. The predicted molar refractivity (Wildman–Crippen MR) is 227 cm³/mol. The molecule has 1 aliphatic carbocycles. The minimum absolute atomic E-state index is 0.125. The smallest absolute Gasteiger partial charge is 0.407 e. The third-order valence-corrected chi connectivity index (χ3v) is 10.9. The predicted octanol–water partition coefficient (Wildman–Crippen LogP) is 5.80. The zero-order valence-corrected chi connectivity index (χ0v) is 35.0. The molecule has 17 heteroatoms. The Morgan fingerprint density at radius 2 is 1.59 bits per heavy atom. The summed E-state index contributed by atoms with van der Waals surface area (Å²) in [4.78, 5) is 65.7. The largest absolute Gasteiger partial charge is 0.493 e. The second-order valence-electron chi connectivity index (χ2n) is 16.5. The van der Waals surface area contributed by atoms with Gasteiger partial charge in [0.25, 0.3) is 5.91 Å². The number of nitrogens with one attached hydrogen (secondary N) is 5. The fourth-order valence-corrected chi connectivity index (χ4v) is 7.60. The van der Waals surface area contributed by atoms with Gasteiger partial charge in [-0.25, -0.2) is 9.59 Å². The highest BCUT2D eigenvalue weighted by atomic mass is 16.6. The van der Waals surface area contributed by atoms with Crippen LogP contribution in [0.2, 0.25) is 0 Å². The topological polar surface area (TPSA) is 230 Å². The van der Waals surface area contributed by atoms with Gasteiger partial charge in [0.15, 0.2) is 0 Å². The Bertz CT molecular complexity index is 2120. The Morgan fingerprint density at radius 1 is 0.902 bits per heavy atom. The van der Waals surface area contributed by atoms with Crippen LogP contribution in [0.5, 0.6) is 5.75 Å². The fraction of sp³-hybridized carbons (Fsp3) is 0.455. The molecule has 4 aromatic rings. The third-order valence-electron chi connectivity index (χ3n) is 10.9. The van der Waals surface area contributed by atoms with E-state index >= 15 is 0 Å². The molecule has 2 fully saturated rings. The second kappa shape index (κ2) is 20.2. The highest BCUT2D eigenvalue weighted by Gasteiger charge is 2.31. The summed E-state index contributed by atoms with van der Waals surface area (Å²) < 4.78 is 11.3. The minimum Gasteiger partial charge on any atom is -0.493 e. The summed E-state index contributed by atoms with van der Waals surface area (Å²) in [5.41, 5.74) is 3.54. The van der Waals surface area contributed by atoms with E-state index in [4.69, 9.17) is 9.47 Å². The lowest BCUT2D eigenvalue weighted by molar-refractivity contribution is -0.130. The molecule has 17 nitrogen and oxygen atoms in total. The highest BCUT2D eigenvalue weighted by Crippen LogP contribution is 2.33. The summed E-state index contributed by atoms with van der Waals surface area (Å²) in [5, 5.41) is 35.1. The second-order valence-corrected chi connectivity index (χ2v) is 16.5. The van der Waals surface area contributed by atoms with Gasteiger partial charge in [0.1, 0.15) is 17.4 Å². The molecule has 6 N–H and O–H groups in total. The van der Waals surface area contributed by atoms with Gasteiger partial charge in [-0.3, -0.25) is 14.4 Å². The number of anilines is 1. The highest BCUT2D eigenvalue weighted by molar-refractivity contribution is 5.98. The molecule has 1 saturated heterocycles. The van der Waals surface area contributed by atoms with Crippen molar-refractivity contribution < 1.29 is 38.6 Å². The first kappa shape index (κ1) is 44.0. The van der Waals surface area contributed by atoms with E-state index in [-0.39, 0.29) is 42.0 Å². The SMILES string of the molecule is CCOc1cc(C(=O)NC2CCN(C(=O)O)CC2)ccc1-c1ccc(C[C@H](NC(=O)C2CCC(CNC(=O)OC(C)(C)C)CC2)C(=O)Nc2ccc(-c3nn[nH]n3)cc2)cc1. The van der Waals surface area contributed by atoms with E-state index in [1.807, 2.05) is 58.0 Å². The average molecular weight is 838 g/mol. The van der Waals surface area contributed by atoms with Crippen molar-refractivity contribution in [2.75, 3.05) is 31.6 Å². The lowest BCUT2D eigenvalue weighted by Gasteiger charge is -2.30. The van der Waals surface area contributed by atoms with E-state index in [9.17, 15) is 29.1 Å². The van der Waals surface area contributed by atoms with Crippen molar-refractivity contribution in [1.29, 1.82) is 0 Å². The number of aromatic amines is 1. The molecule has 5 amide bonds. The lowest BCUT2D eigenvalue weighted by Crippen LogP contribution is -2.48. The van der Waals surface area contributed by atoms with Crippen LogP contribution < -0.4 is 26.0 Å². The Hall–Kier alpha value is -6.52. The van der Waals surface area contributed by atoms with Crippen LogP contribution in [0.1, 0.15) is 82.1 Å². The number of alkyl carbamates (subject to hydrolysis) is 1. The number of hydrogen-bond acceptors (Lipinski definition) is 10. The van der Waals surface area contributed by atoms with Crippen LogP contribution in [0.4, 0.5) is 15.3 Å². The van der Waals surface area contributed by atoms with Crippen LogP contribution in [-0.2, 0) is 20.7 Å². The van der Waals surface area contributed by atoms with Crippen LogP contribution >= 0.6 is 0 Å². The number of hydrogen-bond donors (Lipinski definition) is 6. The van der Waals surface area contributed by atoms with Crippen molar-refractivity contribution in [3.8, 4) is 28.3 Å². The van der Waals surface area contributed by atoms with E-state index in [0.717, 1.165) is 29.5 Å². The molecule has 2 aliphatic rings. The molecule has 1 saturated carbocycles. The molecule has 1 aliphatic heterocycles. The van der Waals surface area contributed by atoms with E-state index in [1.165, 1.54) is 4.90 Å². The molecular weight excluding hydrogens is 783 g/mol. The number of ether oxygens (including phenoxy) is 2. The zero-order valence-electron chi connectivity index (χ0n) is 35.0. The van der Waals surface area contributed by atoms with Crippen LogP contribution in [-0.4, -0.2) is 104 Å². The number of likely N-dealkylation sites (tertiary alicyclic amines) is 1. The summed E-state index contributed by atoms with van der Waals surface area (Å²) >= 11 is 0.